The molecule has 2 heterocycles. The fourth-order valence-electron chi connectivity index (χ4n) is 2.53. The van der Waals surface area contributed by atoms with Crippen molar-refractivity contribution in [3.8, 4) is 11.4 Å². The zero-order chi connectivity index (χ0) is 13.8. The Morgan fingerprint density at radius 3 is 2.35 bits per heavy atom. The molecule has 4 heteroatoms. The Morgan fingerprint density at radius 1 is 1.05 bits per heavy atom. The fourth-order valence-corrected chi connectivity index (χ4v) is 2.53. The molecule has 20 heavy (non-hydrogen) atoms. The van der Waals surface area contributed by atoms with Gasteiger partial charge in [0.15, 0.2) is 5.82 Å². The van der Waals surface area contributed by atoms with E-state index in [1.54, 1.807) is 0 Å². The van der Waals surface area contributed by atoms with Crippen LogP contribution in [0.3, 0.4) is 0 Å². The molecule has 0 aliphatic carbocycles. The Labute approximate surface area is 119 Å². The van der Waals surface area contributed by atoms with E-state index in [4.69, 9.17) is 0 Å². The van der Waals surface area contributed by atoms with Crippen molar-refractivity contribution in [3.05, 3.63) is 42.7 Å². The molecule has 3 rings (SSSR count). The molecule has 2 aromatic rings. The predicted molar refractivity (Wildman–Crippen MR) is 81.6 cm³/mol. The molecular formula is C16H20N4. The monoisotopic (exact) mass is 268 g/mol. The lowest BCUT2D eigenvalue weighted by atomic mass is 10.1. The van der Waals surface area contributed by atoms with E-state index in [1.165, 1.54) is 12.8 Å². The molecule has 104 valence electrons. The van der Waals surface area contributed by atoms with Crippen LogP contribution in [-0.4, -0.2) is 41.0 Å². The first-order chi connectivity index (χ1) is 9.81. The maximum absolute atomic E-state index is 4.45. The predicted octanol–water partition coefficient (Wildman–Crippen LogP) is 2.65. The van der Waals surface area contributed by atoms with Gasteiger partial charge in [-0.15, -0.1) is 0 Å². The summed E-state index contributed by atoms with van der Waals surface area (Å²) in [6.07, 6.45) is 6.12. The van der Waals surface area contributed by atoms with Crippen LogP contribution in [0.1, 0.15) is 12.8 Å². The SMILES string of the molecule is CN1CCC(Nc2cnc(-c3ccccc3)nc2)CC1. The minimum absolute atomic E-state index is 0.539. The molecular weight excluding hydrogens is 248 g/mol. The average Bonchev–Trinajstić information content (AvgIpc) is 2.51. The van der Waals surface area contributed by atoms with Gasteiger partial charge in [0.1, 0.15) is 0 Å². The van der Waals surface area contributed by atoms with Crippen LogP contribution in [-0.2, 0) is 0 Å². The molecule has 1 fully saturated rings. The summed E-state index contributed by atoms with van der Waals surface area (Å²) in [6.45, 7) is 2.31. The number of nitrogens with zero attached hydrogens (tertiary/aromatic N) is 3. The zero-order valence-corrected chi connectivity index (χ0v) is 11.8. The van der Waals surface area contributed by atoms with Crippen LogP contribution in [0.4, 0.5) is 5.69 Å². The molecule has 1 N–H and O–H groups in total. The summed E-state index contributed by atoms with van der Waals surface area (Å²) in [6, 6.07) is 10.6. The van der Waals surface area contributed by atoms with Crippen molar-refractivity contribution in [1.82, 2.24) is 14.9 Å². The quantitative estimate of drug-likeness (QED) is 0.929. The van der Waals surface area contributed by atoms with Gasteiger partial charge in [-0.05, 0) is 33.0 Å². The van der Waals surface area contributed by atoms with Crippen molar-refractivity contribution in [2.75, 3.05) is 25.5 Å². The highest BCUT2D eigenvalue weighted by molar-refractivity contribution is 5.55. The number of piperidine rings is 1. The minimum atomic E-state index is 0.539. The summed E-state index contributed by atoms with van der Waals surface area (Å²) < 4.78 is 0. The standard InChI is InChI=1S/C16H20N4/c1-20-9-7-14(8-10-20)19-15-11-17-16(18-12-15)13-5-3-2-4-6-13/h2-6,11-12,14,19H,7-10H2,1H3. The van der Waals surface area contributed by atoms with Crippen molar-refractivity contribution in [1.29, 1.82) is 0 Å². The number of hydrogen-bond acceptors (Lipinski definition) is 4. The van der Waals surface area contributed by atoms with Crippen LogP contribution in [0.25, 0.3) is 11.4 Å². The summed E-state index contributed by atoms with van der Waals surface area (Å²) in [5.74, 6) is 0.777. The summed E-state index contributed by atoms with van der Waals surface area (Å²) in [4.78, 5) is 11.3. The minimum Gasteiger partial charge on any atom is -0.380 e. The van der Waals surface area contributed by atoms with Crippen LogP contribution in [0.5, 0.6) is 0 Å². The number of nitrogens with one attached hydrogen (secondary N) is 1. The van der Waals surface area contributed by atoms with Crippen LogP contribution >= 0.6 is 0 Å². The van der Waals surface area contributed by atoms with Crippen LogP contribution in [0, 0.1) is 0 Å². The lowest BCUT2D eigenvalue weighted by molar-refractivity contribution is 0.264. The summed E-state index contributed by atoms with van der Waals surface area (Å²) in [5.41, 5.74) is 2.07. The summed E-state index contributed by atoms with van der Waals surface area (Å²) in [5, 5.41) is 3.53. The third kappa shape index (κ3) is 3.14. The van der Waals surface area contributed by atoms with E-state index in [0.717, 1.165) is 30.2 Å². The molecule has 1 aromatic heterocycles. The maximum atomic E-state index is 4.45. The van der Waals surface area contributed by atoms with Crippen LogP contribution in [0.2, 0.25) is 0 Å². The van der Waals surface area contributed by atoms with Crippen molar-refractivity contribution in [2.45, 2.75) is 18.9 Å². The summed E-state index contributed by atoms with van der Waals surface area (Å²) in [7, 11) is 2.17. The van der Waals surface area contributed by atoms with Gasteiger partial charge in [0.2, 0.25) is 0 Å². The number of aromatic nitrogens is 2. The highest BCUT2D eigenvalue weighted by Gasteiger charge is 2.16. The van der Waals surface area contributed by atoms with Crippen molar-refractivity contribution in [2.24, 2.45) is 0 Å². The number of hydrogen-bond donors (Lipinski definition) is 1. The van der Waals surface area contributed by atoms with Gasteiger partial charge >= 0.3 is 0 Å². The molecule has 1 aliphatic heterocycles. The number of benzene rings is 1. The number of anilines is 1. The van der Waals surface area contributed by atoms with E-state index < -0.39 is 0 Å². The van der Waals surface area contributed by atoms with Crippen LogP contribution < -0.4 is 5.32 Å². The molecule has 0 spiro atoms. The molecule has 1 aromatic carbocycles. The molecule has 0 amide bonds. The molecule has 4 nitrogen and oxygen atoms in total. The van der Waals surface area contributed by atoms with Crippen LogP contribution in [0.15, 0.2) is 42.7 Å². The smallest absolute Gasteiger partial charge is 0.159 e. The molecule has 1 saturated heterocycles. The second kappa shape index (κ2) is 6.01. The molecule has 1 aliphatic rings. The Hall–Kier alpha value is -1.94. The molecule has 0 atom stereocenters. The first-order valence-electron chi connectivity index (χ1n) is 7.14. The van der Waals surface area contributed by atoms with Gasteiger partial charge in [0, 0.05) is 11.6 Å². The van der Waals surface area contributed by atoms with E-state index in [-0.39, 0.29) is 0 Å². The largest absolute Gasteiger partial charge is 0.380 e. The number of likely N-dealkylation sites (tertiary alicyclic amines) is 1. The third-order valence-electron chi connectivity index (χ3n) is 3.77. The number of rotatable bonds is 3. The second-order valence-corrected chi connectivity index (χ2v) is 5.38. The first kappa shape index (κ1) is 13.1. The molecule has 0 unspecified atom stereocenters. The maximum Gasteiger partial charge on any atom is 0.159 e. The molecule has 0 saturated carbocycles. The first-order valence-corrected chi connectivity index (χ1v) is 7.14. The summed E-state index contributed by atoms with van der Waals surface area (Å²) >= 11 is 0. The average molecular weight is 268 g/mol. The van der Waals surface area contributed by atoms with Gasteiger partial charge in [-0.3, -0.25) is 0 Å². The van der Waals surface area contributed by atoms with Crippen molar-refractivity contribution >= 4 is 5.69 Å². The van der Waals surface area contributed by atoms with Gasteiger partial charge in [0.05, 0.1) is 18.1 Å². The van der Waals surface area contributed by atoms with Gasteiger partial charge in [-0.2, -0.15) is 0 Å². The van der Waals surface area contributed by atoms with Crippen molar-refractivity contribution < 1.29 is 0 Å². The highest BCUT2D eigenvalue weighted by Crippen LogP contribution is 2.17. The normalized spacial score (nSPS) is 17.1. The van der Waals surface area contributed by atoms with Gasteiger partial charge in [-0.25, -0.2) is 9.97 Å². The van der Waals surface area contributed by atoms with Crippen molar-refractivity contribution in [3.63, 3.8) is 0 Å². The Bertz CT molecular complexity index is 530. The van der Waals surface area contributed by atoms with E-state index in [2.05, 4.69) is 27.2 Å². The highest BCUT2D eigenvalue weighted by atomic mass is 15.1. The van der Waals surface area contributed by atoms with E-state index in [1.807, 2.05) is 42.7 Å². The lowest BCUT2D eigenvalue weighted by Gasteiger charge is -2.29. The third-order valence-corrected chi connectivity index (χ3v) is 3.77. The van der Waals surface area contributed by atoms with Gasteiger partial charge in [-0.1, -0.05) is 30.3 Å². The topological polar surface area (TPSA) is 41.0 Å². The Kier molecular flexibility index (Phi) is 3.92. The zero-order valence-electron chi connectivity index (χ0n) is 11.8. The molecule has 0 radical (unpaired) electrons. The second-order valence-electron chi connectivity index (χ2n) is 5.38. The van der Waals surface area contributed by atoms with Gasteiger partial charge < -0.3 is 10.2 Å². The fraction of sp³-hybridized carbons (Fsp3) is 0.375. The molecule has 0 bridgehead atoms. The van der Waals surface area contributed by atoms with E-state index in [0.29, 0.717) is 6.04 Å². The van der Waals surface area contributed by atoms with E-state index >= 15 is 0 Å². The van der Waals surface area contributed by atoms with E-state index in [9.17, 15) is 0 Å². The lowest BCUT2D eigenvalue weighted by Crippen LogP contribution is -2.36. The van der Waals surface area contributed by atoms with Gasteiger partial charge in [0.25, 0.3) is 0 Å². The Balaban J connectivity index is 1.65. The Morgan fingerprint density at radius 2 is 1.70 bits per heavy atom.